The quantitative estimate of drug-likeness (QED) is 0.782. The summed E-state index contributed by atoms with van der Waals surface area (Å²) in [6, 6.07) is 0. The Morgan fingerprint density at radius 2 is 2.22 bits per heavy atom. The monoisotopic (exact) mass is 253 g/mol. The van der Waals surface area contributed by atoms with Gasteiger partial charge in [-0.15, -0.1) is 0 Å². The zero-order valence-corrected chi connectivity index (χ0v) is 11.3. The lowest BCUT2D eigenvalue weighted by Gasteiger charge is -2.22. The van der Waals surface area contributed by atoms with Crippen molar-refractivity contribution in [2.75, 3.05) is 20.3 Å². The molecule has 0 bridgehead atoms. The van der Waals surface area contributed by atoms with Gasteiger partial charge in [-0.1, -0.05) is 12.8 Å². The van der Waals surface area contributed by atoms with Crippen LogP contribution >= 0.6 is 0 Å². The normalized spacial score (nSPS) is 32.1. The molecule has 0 aromatic rings. The summed E-state index contributed by atoms with van der Waals surface area (Å²) < 4.78 is 10.7. The first kappa shape index (κ1) is 13.4. The molecular weight excluding hydrogens is 230 g/mol. The van der Waals surface area contributed by atoms with Gasteiger partial charge in [-0.3, -0.25) is 0 Å². The molecule has 1 saturated heterocycles. The fourth-order valence-electron chi connectivity index (χ4n) is 2.99. The van der Waals surface area contributed by atoms with Crippen molar-refractivity contribution in [3.8, 4) is 0 Å². The van der Waals surface area contributed by atoms with Crippen LogP contribution < -0.4 is 5.32 Å². The summed E-state index contributed by atoms with van der Waals surface area (Å²) >= 11 is 0. The topological polar surface area (TPSA) is 47.6 Å². The molecule has 2 aliphatic rings. The molecule has 0 aromatic carbocycles. The second-order valence-electron chi connectivity index (χ2n) is 4.97. The molecule has 0 saturated carbocycles. The summed E-state index contributed by atoms with van der Waals surface area (Å²) in [6.45, 7) is 3.09. The van der Waals surface area contributed by atoms with Gasteiger partial charge >= 0.3 is 5.97 Å². The van der Waals surface area contributed by atoms with Gasteiger partial charge in [0.2, 0.25) is 0 Å². The first-order valence-electron chi connectivity index (χ1n) is 6.94. The third-order valence-corrected chi connectivity index (χ3v) is 3.90. The fourth-order valence-corrected chi connectivity index (χ4v) is 2.99. The molecule has 4 nitrogen and oxygen atoms in total. The van der Waals surface area contributed by atoms with Gasteiger partial charge in [0.15, 0.2) is 0 Å². The minimum atomic E-state index is -0.149. The first-order chi connectivity index (χ1) is 8.77. The maximum atomic E-state index is 12.0. The number of hydrogen-bond acceptors (Lipinski definition) is 4. The molecule has 0 unspecified atom stereocenters. The Morgan fingerprint density at radius 3 is 2.94 bits per heavy atom. The van der Waals surface area contributed by atoms with Crippen molar-refractivity contribution in [1.29, 1.82) is 0 Å². The Kier molecular flexibility index (Phi) is 4.64. The first-order valence-corrected chi connectivity index (χ1v) is 6.94. The number of methoxy groups -OCH3 is 1. The molecule has 2 rings (SSSR count). The van der Waals surface area contributed by atoms with Gasteiger partial charge < -0.3 is 14.8 Å². The van der Waals surface area contributed by atoms with E-state index in [0.29, 0.717) is 12.5 Å². The Hall–Kier alpha value is -1.03. The van der Waals surface area contributed by atoms with Crippen LogP contribution in [0.1, 0.15) is 39.0 Å². The van der Waals surface area contributed by atoms with Crippen LogP contribution in [0.4, 0.5) is 0 Å². The number of carbonyl (C=O) groups excluding carboxylic acids is 1. The maximum Gasteiger partial charge on any atom is 0.335 e. The van der Waals surface area contributed by atoms with Gasteiger partial charge in [0.05, 0.1) is 18.3 Å². The van der Waals surface area contributed by atoms with E-state index in [4.69, 9.17) is 9.47 Å². The van der Waals surface area contributed by atoms with Gasteiger partial charge in [0.1, 0.15) is 0 Å². The molecule has 0 amide bonds. The minimum Gasteiger partial charge on any atom is -0.463 e. The lowest BCUT2D eigenvalue weighted by Crippen LogP contribution is -2.22. The molecule has 2 atom stereocenters. The van der Waals surface area contributed by atoms with Gasteiger partial charge in [-0.2, -0.15) is 0 Å². The Balaban J connectivity index is 2.25. The number of esters is 1. The minimum absolute atomic E-state index is 0.149. The lowest BCUT2D eigenvalue weighted by molar-refractivity contribution is -0.138. The highest BCUT2D eigenvalue weighted by molar-refractivity contribution is 5.89. The fraction of sp³-hybridized carbons (Fsp3) is 0.786. The van der Waals surface area contributed by atoms with Crippen LogP contribution in [0.3, 0.4) is 0 Å². The Bertz CT molecular complexity index is 338. The van der Waals surface area contributed by atoms with Crippen molar-refractivity contribution in [3.63, 3.8) is 0 Å². The molecule has 4 heteroatoms. The van der Waals surface area contributed by atoms with Crippen molar-refractivity contribution in [2.45, 2.75) is 45.1 Å². The summed E-state index contributed by atoms with van der Waals surface area (Å²) in [4.78, 5) is 12.0. The predicted molar refractivity (Wildman–Crippen MR) is 69.0 cm³/mol. The average molecular weight is 253 g/mol. The highest BCUT2D eigenvalue weighted by Crippen LogP contribution is 2.33. The highest BCUT2D eigenvalue weighted by atomic mass is 16.5. The number of hydrogen-bond donors (Lipinski definition) is 1. The second kappa shape index (κ2) is 6.23. The van der Waals surface area contributed by atoms with Crippen LogP contribution in [0.5, 0.6) is 0 Å². The molecule has 0 radical (unpaired) electrons. The van der Waals surface area contributed by atoms with E-state index in [2.05, 4.69) is 5.32 Å². The molecule has 1 aliphatic carbocycles. The summed E-state index contributed by atoms with van der Waals surface area (Å²) in [7, 11) is 1.75. The number of carbonyl (C=O) groups is 1. The van der Waals surface area contributed by atoms with Crippen LogP contribution in [0.25, 0.3) is 0 Å². The van der Waals surface area contributed by atoms with E-state index in [1.165, 1.54) is 12.8 Å². The van der Waals surface area contributed by atoms with Crippen molar-refractivity contribution < 1.29 is 14.3 Å². The zero-order chi connectivity index (χ0) is 13.0. The van der Waals surface area contributed by atoms with E-state index in [1.54, 1.807) is 7.11 Å². The third kappa shape index (κ3) is 2.69. The van der Waals surface area contributed by atoms with Gasteiger partial charge in [0.25, 0.3) is 0 Å². The summed E-state index contributed by atoms with van der Waals surface area (Å²) in [6.07, 6.45) is 5.60. The molecule has 1 N–H and O–H groups in total. The molecule has 1 fully saturated rings. The largest absolute Gasteiger partial charge is 0.463 e. The summed E-state index contributed by atoms with van der Waals surface area (Å²) in [5, 5.41) is 3.37. The van der Waals surface area contributed by atoms with Crippen molar-refractivity contribution >= 4 is 5.97 Å². The lowest BCUT2D eigenvalue weighted by atomic mass is 9.88. The second-order valence-corrected chi connectivity index (χ2v) is 4.97. The number of rotatable bonds is 3. The van der Waals surface area contributed by atoms with Crippen molar-refractivity contribution in [3.05, 3.63) is 11.3 Å². The van der Waals surface area contributed by atoms with Crippen LogP contribution in [-0.2, 0) is 14.3 Å². The Morgan fingerprint density at radius 1 is 1.39 bits per heavy atom. The van der Waals surface area contributed by atoms with Crippen LogP contribution in [0, 0.1) is 5.92 Å². The number of nitrogens with one attached hydrogen (secondary N) is 1. The molecule has 18 heavy (non-hydrogen) atoms. The summed E-state index contributed by atoms with van der Waals surface area (Å²) in [5.74, 6) is 0.193. The predicted octanol–water partition coefficient (Wildman–Crippen LogP) is 2.00. The van der Waals surface area contributed by atoms with E-state index in [1.807, 2.05) is 6.92 Å². The van der Waals surface area contributed by atoms with Crippen LogP contribution in [0.2, 0.25) is 0 Å². The SMILES string of the molecule is CCOC(=O)/C1=C2\NC[C@@H](OC)[C@H]2CCCCC1. The smallest absolute Gasteiger partial charge is 0.335 e. The highest BCUT2D eigenvalue weighted by Gasteiger charge is 2.35. The Labute approximate surface area is 109 Å². The van der Waals surface area contributed by atoms with E-state index < -0.39 is 0 Å². The molecule has 1 aliphatic heterocycles. The average Bonchev–Trinajstić information content (AvgIpc) is 2.71. The van der Waals surface area contributed by atoms with Crippen molar-refractivity contribution in [2.24, 2.45) is 5.92 Å². The summed E-state index contributed by atoms with van der Waals surface area (Å²) in [5.41, 5.74) is 1.93. The third-order valence-electron chi connectivity index (χ3n) is 3.90. The standard InChI is InChI=1S/C14H23NO3/c1-3-18-14(16)11-8-6-4-5-7-10-12(17-2)9-15-13(10)11/h10,12,15H,3-9H2,1-2H3/b13-11-/t10-,12-/m1/s1. The molecule has 1 heterocycles. The van der Waals surface area contributed by atoms with Gasteiger partial charge in [-0.25, -0.2) is 4.79 Å². The molecular formula is C14H23NO3. The van der Waals surface area contributed by atoms with E-state index in [0.717, 1.165) is 37.1 Å². The van der Waals surface area contributed by atoms with Crippen LogP contribution in [-0.4, -0.2) is 32.3 Å². The van der Waals surface area contributed by atoms with Crippen molar-refractivity contribution in [1.82, 2.24) is 5.32 Å². The molecule has 0 spiro atoms. The maximum absolute atomic E-state index is 12.0. The van der Waals surface area contributed by atoms with E-state index in [9.17, 15) is 4.79 Å². The van der Waals surface area contributed by atoms with Crippen LogP contribution in [0.15, 0.2) is 11.3 Å². The van der Waals surface area contributed by atoms with E-state index in [-0.39, 0.29) is 12.1 Å². The zero-order valence-electron chi connectivity index (χ0n) is 11.3. The number of fused-ring (bicyclic) bond motifs is 1. The van der Waals surface area contributed by atoms with E-state index >= 15 is 0 Å². The number of ether oxygens (including phenoxy) is 2. The molecule has 102 valence electrons. The molecule has 0 aromatic heterocycles. The van der Waals surface area contributed by atoms with Gasteiger partial charge in [0, 0.05) is 25.3 Å². The van der Waals surface area contributed by atoms with Gasteiger partial charge in [-0.05, 0) is 26.2 Å².